The van der Waals surface area contributed by atoms with Crippen molar-refractivity contribution in [2.24, 2.45) is 0 Å². The van der Waals surface area contributed by atoms with Gasteiger partial charge < -0.3 is 14.8 Å². The number of para-hydroxylation sites is 1. The van der Waals surface area contributed by atoms with Crippen molar-refractivity contribution in [3.05, 3.63) is 59.1 Å². The van der Waals surface area contributed by atoms with E-state index in [4.69, 9.17) is 21.1 Å². The second kappa shape index (κ2) is 9.34. The lowest BCUT2D eigenvalue weighted by molar-refractivity contribution is 0.294. The first kappa shape index (κ1) is 16.7. The van der Waals surface area contributed by atoms with Crippen LogP contribution in [-0.4, -0.2) is 26.3 Å². The molecule has 2 aromatic rings. The Kier molecular flexibility index (Phi) is 7.07. The summed E-state index contributed by atoms with van der Waals surface area (Å²) in [5.74, 6) is 1.73. The maximum atomic E-state index is 6.05. The van der Waals surface area contributed by atoms with Crippen LogP contribution in [0.3, 0.4) is 0 Å². The molecule has 4 heteroatoms. The Labute approximate surface area is 137 Å². The molecule has 0 amide bonds. The molecular weight excluding hydrogens is 298 g/mol. The number of ether oxygens (including phenoxy) is 2. The van der Waals surface area contributed by atoms with Gasteiger partial charge in [-0.2, -0.15) is 0 Å². The predicted molar refractivity (Wildman–Crippen MR) is 91.1 cm³/mol. The Hall–Kier alpha value is -1.71. The number of nitrogens with one attached hydrogen (secondary N) is 1. The lowest BCUT2D eigenvalue weighted by Crippen LogP contribution is -2.23. The number of hydrogen-bond acceptors (Lipinski definition) is 3. The molecule has 0 heterocycles. The Morgan fingerprint density at radius 2 is 1.68 bits per heavy atom. The van der Waals surface area contributed by atoms with E-state index in [9.17, 15) is 0 Å². The van der Waals surface area contributed by atoms with Crippen LogP contribution >= 0.6 is 11.6 Å². The molecule has 0 bridgehead atoms. The van der Waals surface area contributed by atoms with Crippen LogP contribution in [0, 0.1) is 6.92 Å². The van der Waals surface area contributed by atoms with E-state index in [1.807, 2.05) is 55.5 Å². The highest BCUT2D eigenvalue weighted by Gasteiger charge is 1.98. The third-order valence-electron chi connectivity index (χ3n) is 3.20. The predicted octanol–water partition coefficient (Wildman–Crippen LogP) is 4.09. The fourth-order valence-corrected chi connectivity index (χ4v) is 2.10. The SMILES string of the molecule is Cc1ccc(OCCNCCCOc2ccccc2)cc1Cl. The molecule has 118 valence electrons. The minimum atomic E-state index is 0.624. The van der Waals surface area contributed by atoms with Crippen molar-refractivity contribution >= 4 is 11.6 Å². The first-order chi connectivity index (χ1) is 10.8. The lowest BCUT2D eigenvalue weighted by atomic mass is 10.2. The number of halogens is 1. The van der Waals surface area contributed by atoms with Crippen LogP contribution in [0.4, 0.5) is 0 Å². The van der Waals surface area contributed by atoms with Crippen LogP contribution in [0.25, 0.3) is 0 Å². The van der Waals surface area contributed by atoms with Crippen molar-refractivity contribution in [3.8, 4) is 11.5 Å². The van der Waals surface area contributed by atoms with Gasteiger partial charge in [0.15, 0.2) is 0 Å². The van der Waals surface area contributed by atoms with Crippen molar-refractivity contribution < 1.29 is 9.47 Å². The Bertz CT molecular complexity index is 560. The molecule has 0 aliphatic heterocycles. The van der Waals surface area contributed by atoms with E-state index >= 15 is 0 Å². The second-order valence-electron chi connectivity index (χ2n) is 5.02. The van der Waals surface area contributed by atoms with Gasteiger partial charge in [-0.25, -0.2) is 0 Å². The van der Waals surface area contributed by atoms with Gasteiger partial charge in [0.1, 0.15) is 18.1 Å². The number of rotatable bonds is 9. The molecule has 2 aromatic carbocycles. The molecule has 0 saturated heterocycles. The topological polar surface area (TPSA) is 30.5 Å². The molecular formula is C18H22ClNO2. The van der Waals surface area contributed by atoms with Crippen molar-refractivity contribution in [1.82, 2.24) is 5.32 Å². The molecule has 0 atom stereocenters. The second-order valence-corrected chi connectivity index (χ2v) is 5.43. The van der Waals surface area contributed by atoms with Crippen LogP contribution in [0.2, 0.25) is 5.02 Å². The van der Waals surface area contributed by atoms with Crippen LogP contribution in [-0.2, 0) is 0 Å². The summed E-state index contributed by atoms with van der Waals surface area (Å²) in [6.07, 6.45) is 0.964. The average Bonchev–Trinajstić information content (AvgIpc) is 2.54. The molecule has 3 nitrogen and oxygen atoms in total. The molecule has 22 heavy (non-hydrogen) atoms. The normalized spacial score (nSPS) is 10.5. The zero-order valence-corrected chi connectivity index (χ0v) is 13.6. The zero-order valence-electron chi connectivity index (χ0n) is 12.8. The number of benzene rings is 2. The first-order valence-corrected chi connectivity index (χ1v) is 7.91. The van der Waals surface area contributed by atoms with Gasteiger partial charge in [-0.05, 0) is 49.7 Å². The van der Waals surface area contributed by atoms with E-state index in [2.05, 4.69) is 5.32 Å². The van der Waals surface area contributed by atoms with Crippen molar-refractivity contribution in [3.63, 3.8) is 0 Å². The minimum absolute atomic E-state index is 0.624. The maximum absolute atomic E-state index is 6.05. The smallest absolute Gasteiger partial charge is 0.120 e. The van der Waals surface area contributed by atoms with Gasteiger partial charge in [0.05, 0.1) is 6.61 Å². The summed E-state index contributed by atoms with van der Waals surface area (Å²) in [7, 11) is 0. The van der Waals surface area contributed by atoms with Crippen LogP contribution < -0.4 is 14.8 Å². The van der Waals surface area contributed by atoms with E-state index in [0.717, 1.165) is 41.6 Å². The van der Waals surface area contributed by atoms with Gasteiger partial charge in [-0.3, -0.25) is 0 Å². The standard InChI is InChI=1S/C18H22ClNO2/c1-15-8-9-17(14-18(15)19)22-13-11-20-10-5-12-21-16-6-3-2-4-7-16/h2-4,6-9,14,20H,5,10-13H2,1H3. The van der Waals surface area contributed by atoms with Gasteiger partial charge in [0, 0.05) is 11.6 Å². The zero-order chi connectivity index (χ0) is 15.6. The summed E-state index contributed by atoms with van der Waals surface area (Å²) < 4.78 is 11.3. The third-order valence-corrected chi connectivity index (χ3v) is 3.61. The maximum Gasteiger partial charge on any atom is 0.120 e. The summed E-state index contributed by atoms with van der Waals surface area (Å²) in [6.45, 7) is 5.03. The Morgan fingerprint density at radius 1 is 0.909 bits per heavy atom. The van der Waals surface area contributed by atoms with E-state index in [-0.39, 0.29) is 0 Å². The molecule has 0 aromatic heterocycles. The van der Waals surface area contributed by atoms with Gasteiger partial charge >= 0.3 is 0 Å². The molecule has 0 radical (unpaired) electrons. The lowest BCUT2D eigenvalue weighted by Gasteiger charge is -2.09. The van der Waals surface area contributed by atoms with Crippen molar-refractivity contribution in [1.29, 1.82) is 0 Å². The molecule has 0 saturated carbocycles. The molecule has 2 rings (SSSR count). The van der Waals surface area contributed by atoms with Crippen molar-refractivity contribution in [2.45, 2.75) is 13.3 Å². The van der Waals surface area contributed by atoms with Crippen LogP contribution in [0.5, 0.6) is 11.5 Å². The third kappa shape index (κ3) is 5.96. The average molecular weight is 320 g/mol. The van der Waals surface area contributed by atoms with E-state index in [1.165, 1.54) is 0 Å². The largest absolute Gasteiger partial charge is 0.494 e. The fraction of sp³-hybridized carbons (Fsp3) is 0.333. The quantitative estimate of drug-likeness (QED) is 0.706. The monoisotopic (exact) mass is 319 g/mol. The molecule has 0 aliphatic carbocycles. The van der Waals surface area contributed by atoms with Crippen molar-refractivity contribution in [2.75, 3.05) is 26.3 Å². The first-order valence-electron chi connectivity index (χ1n) is 7.53. The highest BCUT2D eigenvalue weighted by Crippen LogP contribution is 2.21. The van der Waals surface area contributed by atoms with E-state index in [0.29, 0.717) is 13.2 Å². The molecule has 0 aliphatic rings. The summed E-state index contributed by atoms with van der Waals surface area (Å²) in [4.78, 5) is 0. The summed E-state index contributed by atoms with van der Waals surface area (Å²) in [5.41, 5.74) is 1.06. The molecule has 0 unspecified atom stereocenters. The number of hydrogen-bond donors (Lipinski definition) is 1. The summed E-state index contributed by atoms with van der Waals surface area (Å²) in [5, 5.41) is 4.07. The molecule has 0 fully saturated rings. The van der Waals surface area contributed by atoms with E-state index in [1.54, 1.807) is 0 Å². The molecule has 0 spiro atoms. The van der Waals surface area contributed by atoms with Crippen LogP contribution in [0.15, 0.2) is 48.5 Å². The Balaban J connectivity index is 1.50. The van der Waals surface area contributed by atoms with Gasteiger partial charge in [-0.15, -0.1) is 0 Å². The number of aryl methyl sites for hydroxylation is 1. The van der Waals surface area contributed by atoms with Gasteiger partial charge in [-0.1, -0.05) is 35.9 Å². The highest BCUT2D eigenvalue weighted by atomic mass is 35.5. The molecule has 1 N–H and O–H groups in total. The van der Waals surface area contributed by atoms with Crippen LogP contribution in [0.1, 0.15) is 12.0 Å². The van der Waals surface area contributed by atoms with E-state index < -0.39 is 0 Å². The fourth-order valence-electron chi connectivity index (χ4n) is 1.93. The summed E-state index contributed by atoms with van der Waals surface area (Å²) in [6, 6.07) is 15.6. The summed E-state index contributed by atoms with van der Waals surface area (Å²) >= 11 is 6.05. The minimum Gasteiger partial charge on any atom is -0.494 e. The van der Waals surface area contributed by atoms with Gasteiger partial charge in [0.25, 0.3) is 0 Å². The Morgan fingerprint density at radius 3 is 2.45 bits per heavy atom. The van der Waals surface area contributed by atoms with Gasteiger partial charge in [0.2, 0.25) is 0 Å². The highest BCUT2D eigenvalue weighted by molar-refractivity contribution is 6.31.